The summed E-state index contributed by atoms with van der Waals surface area (Å²) >= 11 is 0. The number of ether oxygens (including phenoxy) is 1. The molecule has 1 unspecified atom stereocenters. The SMILES string of the molecule is CCCCCc1nn(C)c2c1C(c1cccc([N+](=O)[O-])c1)C(C(=O)OC)=C(C)N2. The van der Waals surface area contributed by atoms with Crippen LogP contribution in [0.25, 0.3) is 0 Å². The molecular weight excluding hydrogens is 372 g/mol. The van der Waals surface area contributed by atoms with Crippen LogP contribution in [0.3, 0.4) is 0 Å². The quantitative estimate of drug-likeness (QED) is 0.327. The Hall–Kier alpha value is -3.16. The van der Waals surface area contributed by atoms with Gasteiger partial charge in [-0.1, -0.05) is 31.9 Å². The van der Waals surface area contributed by atoms with Crippen LogP contribution in [0.4, 0.5) is 11.5 Å². The van der Waals surface area contributed by atoms with E-state index in [0.717, 1.165) is 42.8 Å². The summed E-state index contributed by atoms with van der Waals surface area (Å²) in [4.78, 5) is 23.6. The van der Waals surface area contributed by atoms with Crippen LogP contribution in [0.1, 0.15) is 55.8 Å². The third kappa shape index (κ3) is 3.87. The number of anilines is 1. The average Bonchev–Trinajstić information content (AvgIpc) is 3.01. The number of nitrogens with zero attached hydrogens (tertiary/aromatic N) is 3. The Bertz CT molecular complexity index is 977. The van der Waals surface area contributed by atoms with Crippen molar-refractivity contribution in [3.05, 3.63) is 62.5 Å². The minimum absolute atomic E-state index is 0.0131. The van der Waals surface area contributed by atoms with E-state index in [-0.39, 0.29) is 5.69 Å². The van der Waals surface area contributed by atoms with Gasteiger partial charge in [0, 0.05) is 36.4 Å². The van der Waals surface area contributed by atoms with E-state index in [1.54, 1.807) is 10.7 Å². The Morgan fingerprint density at radius 3 is 2.79 bits per heavy atom. The number of rotatable bonds is 7. The van der Waals surface area contributed by atoms with Gasteiger partial charge in [-0.05, 0) is 25.3 Å². The van der Waals surface area contributed by atoms with Crippen LogP contribution in [0.5, 0.6) is 0 Å². The summed E-state index contributed by atoms with van der Waals surface area (Å²) in [5.74, 6) is -0.136. The third-order valence-corrected chi connectivity index (χ3v) is 5.28. The maximum absolute atomic E-state index is 12.7. The summed E-state index contributed by atoms with van der Waals surface area (Å²) in [6.07, 6.45) is 3.93. The molecule has 1 N–H and O–H groups in total. The first-order valence-electron chi connectivity index (χ1n) is 9.75. The van der Waals surface area contributed by atoms with Crippen molar-refractivity contribution in [2.45, 2.75) is 45.4 Å². The molecule has 154 valence electrons. The van der Waals surface area contributed by atoms with E-state index in [1.165, 1.54) is 19.2 Å². The van der Waals surface area contributed by atoms with Gasteiger partial charge in [-0.25, -0.2) is 4.79 Å². The molecule has 0 fully saturated rings. The molecule has 1 aromatic heterocycles. The van der Waals surface area contributed by atoms with E-state index in [1.807, 2.05) is 20.0 Å². The zero-order valence-corrected chi connectivity index (χ0v) is 17.2. The number of benzene rings is 1. The number of aryl methyl sites for hydroxylation is 2. The fourth-order valence-electron chi connectivity index (χ4n) is 3.91. The van der Waals surface area contributed by atoms with Crippen LogP contribution in [0.15, 0.2) is 35.5 Å². The minimum atomic E-state index is -0.482. The number of esters is 1. The van der Waals surface area contributed by atoms with Crippen LogP contribution in [-0.4, -0.2) is 27.8 Å². The number of aromatic nitrogens is 2. The van der Waals surface area contributed by atoms with E-state index < -0.39 is 16.8 Å². The molecule has 2 aromatic rings. The standard InChI is InChI=1S/C21H26N4O4/c1-5-6-7-11-16-19-18(14-9-8-10-15(12-14)25(27)28)17(21(26)29-4)13(2)22-20(19)24(3)23-16/h8-10,12,18,22H,5-7,11H2,1-4H3. The maximum Gasteiger partial charge on any atom is 0.336 e. The molecule has 1 aliphatic rings. The fourth-order valence-corrected chi connectivity index (χ4v) is 3.91. The number of methoxy groups -OCH3 is 1. The summed E-state index contributed by atoms with van der Waals surface area (Å²) in [5, 5.41) is 19.3. The molecule has 1 aliphatic heterocycles. The highest BCUT2D eigenvalue weighted by Gasteiger charge is 2.37. The Labute approximate surface area is 169 Å². The van der Waals surface area contributed by atoms with Gasteiger partial charge in [0.1, 0.15) is 5.82 Å². The highest BCUT2D eigenvalue weighted by molar-refractivity contribution is 5.94. The molecule has 1 atom stereocenters. The summed E-state index contributed by atoms with van der Waals surface area (Å²) in [6.45, 7) is 3.95. The molecular formula is C21H26N4O4. The van der Waals surface area contributed by atoms with Crippen molar-refractivity contribution in [3.63, 3.8) is 0 Å². The molecule has 0 radical (unpaired) electrons. The number of nitro groups is 1. The third-order valence-electron chi connectivity index (χ3n) is 5.28. The molecule has 0 spiro atoms. The Morgan fingerprint density at radius 1 is 1.38 bits per heavy atom. The number of fused-ring (bicyclic) bond motifs is 1. The average molecular weight is 398 g/mol. The van der Waals surface area contributed by atoms with E-state index in [2.05, 4.69) is 12.2 Å². The Morgan fingerprint density at radius 2 is 2.14 bits per heavy atom. The molecule has 8 nitrogen and oxygen atoms in total. The maximum atomic E-state index is 12.7. The lowest BCUT2D eigenvalue weighted by atomic mass is 9.80. The zero-order chi connectivity index (χ0) is 21.1. The van der Waals surface area contributed by atoms with Crippen molar-refractivity contribution in [1.82, 2.24) is 9.78 Å². The van der Waals surface area contributed by atoms with E-state index in [9.17, 15) is 14.9 Å². The first-order chi connectivity index (χ1) is 13.9. The predicted octanol–water partition coefficient (Wildman–Crippen LogP) is 4.07. The predicted molar refractivity (Wildman–Crippen MR) is 110 cm³/mol. The summed E-state index contributed by atoms with van der Waals surface area (Å²) < 4.78 is 6.83. The number of hydrogen-bond donors (Lipinski definition) is 1. The van der Waals surface area contributed by atoms with Crippen molar-refractivity contribution in [2.75, 3.05) is 12.4 Å². The van der Waals surface area contributed by atoms with Crippen molar-refractivity contribution in [3.8, 4) is 0 Å². The molecule has 1 aromatic carbocycles. The van der Waals surface area contributed by atoms with E-state index in [4.69, 9.17) is 9.84 Å². The number of nitrogens with one attached hydrogen (secondary N) is 1. The molecule has 0 amide bonds. The molecule has 2 heterocycles. The second-order valence-corrected chi connectivity index (χ2v) is 7.23. The van der Waals surface area contributed by atoms with Crippen LogP contribution in [-0.2, 0) is 23.0 Å². The highest BCUT2D eigenvalue weighted by Crippen LogP contribution is 2.44. The van der Waals surface area contributed by atoms with Crippen LogP contribution in [0, 0.1) is 10.1 Å². The fraction of sp³-hybridized carbons (Fsp3) is 0.429. The van der Waals surface area contributed by atoms with Gasteiger partial charge in [0.2, 0.25) is 0 Å². The van der Waals surface area contributed by atoms with Crippen molar-refractivity contribution in [1.29, 1.82) is 0 Å². The molecule has 0 saturated carbocycles. The van der Waals surface area contributed by atoms with Gasteiger partial charge in [-0.15, -0.1) is 0 Å². The number of allylic oxidation sites excluding steroid dienone is 1. The molecule has 0 saturated heterocycles. The monoisotopic (exact) mass is 398 g/mol. The molecule has 0 bridgehead atoms. The topological polar surface area (TPSA) is 99.3 Å². The van der Waals surface area contributed by atoms with E-state index >= 15 is 0 Å². The summed E-state index contributed by atoms with van der Waals surface area (Å²) in [6, 6.07) is 6.43. The Balaban J connectivity index is 2.20. The van der Waals surface area contributed by atoms with Crippen LogP contribution in [0.2, 0.25) is 0 Å². The second kappa shape index (κ2) is 8.46. The zero-order valence-electron chi connectivity index (χ0n) is 17.2. The lowest BCUT2D eigenvalue weighted by Gasteiger charge is -2.28. The molecule has 29 heavy (non-hydrogen) atoms. The number of hydrogen-bond acceptors (Lipinski definition) is 6. The number of carbonyl (C=O) groups is 1. The number of carbonyl (C=O) groups excluding carboxylic acids is 1. The van der Waals surface area contributed by atoms with Crippen molar-refractivity contribution in [2.24, 2.45) is 7.05 Å². The summed E-state index contributed by atoms with van der Waals surface area (Å²) in [5.41, 5.74) is 3.55. The molecule has 0 aliphatic carbocycles. The number of non-ortho nitro benzene ring substituents is 1. The van der Waals surface area contributed by atoms with Gasteiger partial charge in [0.15, 0.2) is 0 Å². The van der Waals surface area contributed by atoms with E-state index in [0.29, 0.717) is 16.8 Å². The normalized spacial score (nSPS) is 15.7. The van der Waals surface area contributed by atoms with Gasteiger partial charge >= 0.3 is 5.97 Å². The van der Waals surface area contributed by atoms with Gasteiger partial charge < -0.3 is 10.1 Å². The van der Waals surface area contributed by atoms with Gasteiger partial charge in [0.25, 0.3) is 5.69 Å². The minimum Gasteiger partial charge on any atom is -0.466 e. The van der Waals surface area contributed by atoms with Crippen molar-refractivity contribution >= 4 is 17.5 Å². The number of unbranched alkanes of at least 4 members (excludes halogenated alkanes) is 2. The highest BCUT2D eigenvalue weighted by atomic mass is 16.6. The molecule has 8 heteroatoms. The molecule has 3 rings (SSSR count). The smallest absolute Gasteiger partial charge is 0.336 e. The van der Waals surface area contributed by atoms with Crippen LogP contribution < -0.4 is 5.32 Å². The first-order valence-corrected chi connectivity index (χ1v) is 9.75. The number of nitro benzene ring substituents is 1. The largest absolute Gasteiger partial charge is 0.466 e. The van der Waals surface area contributed by atoms with Gasteiger partial charge in [-0.2, -0.15) is 5.10 Å². The summed E-state index contributed by atoms with van der Waals surface area (Å²) in [7, 11) is 3.20. The first kappa shape index (κ1) is 20.6. The van der Waals surface area contributed by atoms with Gasteiger partial charge in [-0.3, -0.25) is 14.8 Å². The van der Waals surface area contributed by atoms with Crippen LogP contribution >= 0.6 is 0 Å². The lowest BCUT2D eigenvalue weighted by molar-refractivity contribution is -0.384. The van der Waals surface area contributed by atoms with Gasteiger partial charge in [0.05, 0.1) is 23.3 Å². The van der Waals surface area contributed by atoms with Crippen molar-refractivity contribution < 1.29 is 14.5 Å². The lowest BCUT2D eigenvalue weighted by Crippen LogP contribution is -2.24. The second-order valence-electron chi connectivity index (χ2n) is 7.23. The Kier molecular flexibility index (Phi) is 6.00.